The molecule has 16 heavy (non-hydrogen) atoms. The Morgan fingerprint density at radius 3 is 2.75 bits per heavy atom. The minimum absolute atomic E-state index is 0.00259. The summed E-state index contributed by atoms with van der Waals surface area (Å²) < 4.78 is 0. The fraction of sp³-hybridized carbons (Fsp3) is 0.273. The van der Waals surface area contributed by atoms with E-state index in [2.05, 4.69) is 5.16 Å². The van der Waals surface area contributed by atoms with E-state index >= 15 is 0 Å². The van der Waals surface area contributed by atoms with E-state index < -0.39 is 0 Å². The van der Waals surface area contributed by atoms with Gasteiger partial charge < -0.3 is 15.8 Å². The molecule has 1 aromatic carbocycles. The second-order valence-electron chi connectivity index (χ2n) is 3.77. The maximum absolute atomic E-state index is 11.7. The molecule has 84 valence electrons. The predicted molar refractivity (Wildman–Crippen MR) is 60.3 cm³/mol. The lowest BCUT2D eigenvalue weighted by molar-refractivity contribution is -0.117. The number of rotatable bonds is 2. The molecule has 0 aliphatic carbocycles. The summed E-state index contributed by atoms with van der Waals surface area (Å²) in [7, 11) is 0. The number of para-hydroxylation sites is 1. The van der Waals surface area contributed by atoms with Gasteiger partial charge in [-0.3, -0.25) is 4.79 Å². The number of nitrogens with two attached hydrogens (primary N) is 1. The van der Waals surface area contributed by atoms with E-state index in [9.17, 15) is 4.79 Å². The van der Waals surface area contributed by atoms with Crippen LogP contribution >= 0.6 is 0 Å². The zero-order chi connectivity index (χ0) is 11.5. The molecule has 1 aliphatic rings. The summed E-state index contributed by atoms with van der Waals surface area (Å²) in [5.41, 5.74) is 6.35. The first-order chi connectivity index (χ1) is 7.72. The Morgan fingerprint density at radius 1 is 1.44 bits per heavy atom. The molecule has 1 aliphatic heterocycles. The van der Waals surface area contributed by atoms with Gasteiger partial charge in [0.1, 0.15) is 5.84 Å². The number of amidine groups is 1. The molecule has 0 bridgehead atoms. The van der Waals surface area contributed by atoms with E-state index in [4.69, 9.17) is 10.9 Å². The highest BCUT2D eigenvalue weighted by Gasteiger charge is 2.32. The van der Waals surface area contributed by atoms with Crippen LogP contribution in [0.5, 0.6) is 0 Å². The molecule has 0 spiro atoms. The molecule has 1 unspecified atom stereocenters. The number of anilines is 1. The fourth-order valence-electron chi connectivity index (χ4n) is 1.84. The van der Waals surface area contributed by atoms with Crippen molar-refractivity contribution in [1.82, 2.24) is 0 Å². The number of carbonyl (C=O) groups excluding carboxylic acids is 1. The van der Waals surface area contributed by atoms with Crippen molar-refractivity contribution >= 4 is 17.4 Å². The Hall–Kier alpha value is -2.04. The number of hydrogen-bond acceptors (Lipinski definition) is 3. The van der Waals surface area contributed by atoms with Gasteiger partial charge in [0.05, 0.1) is 0 Å². The standard InChI is InChI=1S/C11H13N3O2/c12-11(13-16)8-6-10(15)14(7-8)9-4-2-1-3-5-9/h1-5,8,16H,6-7H2,(H2,12,13). The van der Waals surface area contributed by atoms with Gasteiger partial charge >= 0.3 is 0 Å². The van der Waals surface area contributed by atoms with Crippen LogP contribution in [0.15, 0.2) is 35.5 Å². The molecule has 0 radical (unpaired) electrons. The smallest absolute Gasteiger partial charge is 0.227 e. The number of amides is 1. The molecule has 1 fully saturated rings. The lowest BCUT2D eigenvalue weighted by Crippen LogP contribution is -2.28. The maximum Gasteiger partial charge on any atom is 0.227 e. The first-order valence-corrected chi connectivity index (χ1v) is 5.05. The Labute approximate surface area is 93.2 Å². The van der Waals surface area contributed by atoms with Crippen LogP contribution in [-0.2, 0) is 4.79 Å². The molecule has 1 amide bonds. The van der Waals surface area contributed by atoms with Crippen LogP contribution in [0.25, 0.3) is 0 Å². The van der Waals surface area contributed by atoms with Crippen LogP contribution in [0, 0.1) is 5.92 Å². The van der Waals surface area contributed by atoms with Gasteiger partial charge in [-0.15, -0.1) is 0 Å². The molecular formula is C11H13N3O2. The van der Waals surface area contributed by atoms with Crippen LogP contribution in [0.2, 0.25) is 0 Å². The Kier molecular flexibility index (Phi) is 2.76. The highest BCUT2D eigenvalue weighted by Crippen LogP contribution is 2.24. The van der Waals surface area contributed by atoms with E-state index in [1.807, 2.05) is 30.3 Å². The molecule has 5 nitrogen and oxygen atoms in total. The van der Waals surface area contributed by atoms with Crippen molar-refractivity contribution in [3.63, 3.8) is 0 Å². The van der Waals surface area contributed by atoms with Gasteiger partial charge in [-0.05, 0) is 12.1 Å². The third kappa shape index (κ3) is 1.84. The Bertz CT molecular complexity index is 416. The summed E-state index contributed by atoms with van der Waals surface area (Å²) >= 11 is 0. The second-order valence-corrected chi connectivity index (χ2v) is 3.77. The maximum atomic E-state index is 11.7. The van der Waals surface area contributed by atoms with Crippen LogP contribution in [0.1, 0.15) is 6.42 Å². The van der Waals surface area contributed by atoms with Gasteiger partial charge in [-0.1, -0.05) is 23.4 Å². The summed E-state index contributed by atoms with van der Waals surface area (Å²) in [4.78, 5) is 13.4. The van der Waals surface area contributed by atoms with Crippen molar-refractivity contribution in [3.8, 4) is 0 Å². The summed E-state index contributed by atoms with van der Waals surface area (Å²) in [5, 5.41) is 11.5. The van der Waals surface area contributed by atoms with E-state index in [-0.39, 0.29) is 17.7 Å². The van der Waals surface area contributed by atoms with Gasteiger partial charge in [0.15, 0.2) is 0 Å². The molecule has 1 saturated heterocycles. The van der Waals surface area contributed by atoms with Crippen molar-refractivity contribution in [1.29, 1.82) is 0 Å². The van der Waals surface area contributed by atoms with Crippen molar-refractivity contribution in [2.45, 2.75) is 6.42 Å². The number of nitrogens with zero attached hydrogens (tertiary/aromatic N) is 2. The third-order valence-corrected chi connectivity index (χ3v) is 2.73. The number of carbonyl (C=O) groups is 1. The van der Waals surface area contributed by atoms with Gasteiger partial charge in [0.25, 0.3) is 0 Å². The van der Waals surface area contributed by atoms with Crippen LogP contribution in [-0.4, -0.2) is 23.5 Å². The van der Waals surface area contributed by atoms with Gasteiger partial charge in [-0.2, -0.15) is 0 Å². The molecule has 1 atom stereocenters. The topological polar surface area (TPSA) is 78.9 Å². The number of benzene rings is 1. The van der Waals surface area contributed by atoms with Gasteiger partial charge in [-0.25, -0.2) is 0 Å². The van der Waals surface area contributed by atoms with E-state index in [0.29, 0.717) is 13.0 Å². The molecule has 0 saturated carbocycles. The Morgan fingerprint density at radius 2 is 2.12 bits per heavy atom. The minimum Gasteiger partial charge on any atom is -0.409 e. The monoisotopic (exact) mass is 219 g/mol. The average Bonchev–Trinajstić information content (AvgIpc) is 2.71. The quantitative estimate of drug-likeness (QED) is 0.334. The van der Waals surface area contributed by atoms with Crippen LogP contribution < -0.4 is 10.6 Å². The van der Waals surface area contributed by atoms with Crippen LogP contribution in [0.4, 0.5) is 5.69 Å². The average molecular weight is 219 g/mol. The molecule has 1 heterocycles. The number of hydrogen-bond donors (Lipinski definition) is 2. The molecule has 2 rings (SSSR count). The highest BCUT2D eigenvalue weighted by molar-refractivity contribution is 6.00. The summed E-state index contributed by atoms with van der Waals surface area (Å²) in [6.45, 7) is 0.471. The lowest BCUT2D eigenvalue weighted by atomic mass is 10.1. The third-order valence-electron chi connectivity index (χ3n) is 2.73. The first-order valence-electron chi connectivity index (χ1n) is 5.05. The molecule has 0 aromatic heterocycles. The fourth-order valence-corrected chi connectivity index (χ4v) is 1.84. The first kappa shape index (κ1) is 10.5. The highest BCUT2D eigenvalue weighted by atomic mass is 16.4. The van der Waals surface area contributed by atoms with E-state index in [0.717, 1.165) is 5.69 Å². The zero-order valence-corrected chi connectivity index (χ0v) is 8.71. The molecular weight excluding hydrogens is 206 g/mol. The molecule has 5 heteroatoms. The summed E-state index contributed by atoms with van der Waals surface area (Å²) in [5.74, 6) is -0.0766. The second kappa shape index (κ2) is 4.22. The lowest BCUT2D eigenvalue weighted by Gasteiger charge is -2.16. The zero-order valence-electron chi connectivity index (χ0n) is 8.71. The predicted octanol–water partition coefficient (Wildman–Crippen LogP) is 0.786. The van der Waals surface area contributed by atoms with Gasteiger partial charge in [0, 0.05) is 24.6 Å². The van der Waals surface area contributed by atoms with Crippen molar-refractivity contribution in [2.24, 2.45) is 16.8 Å². The van der Waals surface area contributed by atoms with Crippen LogP contribution in [0.3, 0.4) is 0 Å². The summed E-state index contributed by atoms with van der Waals surface area (Å²) in [6, 6.07) is 9.38. The largest absolute Gasteiger partial charge is 0.409 e. The van der Waals surface area contributed by atoms with Crippen molar-refractivity contribution in [2.75, 3.05) is 11.4 Å². The van der Waals surface area contributed by atoms with Gasteiger partial charge in [0.2, 0.25) is 5.91 Å². The van der Waals surface area contributed by atoms with E-state index in [1.54, 1.807) is 4.90 Å². The molecule has 1 aromatic rings. The Balaban J connectivity index is 2.18. The SMILES string of the molecule is N/C(=N\O)C1CC(=O)N(c2ccccc2)C1. The number of oxime groups is 1. The summed E-state index contributed by atoms with van der Waals surface area (Å²) in [6.07, 6.45) is 0.296. The minimum atomic E-state index is -0.197. The van der Waals surface area contributed by atoms with E-state index in [1.165, 1.54) is 0 Å². The van der Waals surface area contributed by atoms with Crippen molar-refractivity contribution in [3.05, 3.63) is 30.3 Å². The molecule has 3 N–H and O–H groups in total. The normalized spacial score (nSPS) is 21.5. The van der Waals surface area contributed by atoms with Crippen molar-refractivity contribution < 1.29 is 10.0 Å².